The molecule has 0 spiro atoms. The molecule has 0 bridgehead atoms. The minimum atomic E-state index is 0.564. The molecule has 106 valence electrons. The second kappa shape index (κ2) is 6.25. The number of anilines is 1. The molecule has 2 nitrogen and oxygen atoms in total. The Labute approximate surface area is 133 Å². The smallest absolute Gasteiger partial charge is 0.134 e. The molecular formula is C17H13Cl2NO. The van der Waals surface area contributed by atoms with E-state index in [4.69, 9.17) is 27.6 Å². The first-order valence-corrected chi connectivity index (χ1v) is 7.31. The fourth-order valence-electron chi connectivity index (χ4n) is 2.05. The van der Waals surface area contributed by atoms with Crippen molar-refractivity contribution in [2.24, 2.45) is 0 Å². The highest BCUT2D eigenvalue weighted by Gasteiger charge is 2.05. The summed E-state index contributed by atoms with van der Waals surface area (Å²) in [5.41, 5.74) is 1.90. The molecule has 0 atom stereocenters. The summed E-state index contributed by atoms with van der Waals surface area (Å²) in [4.78, 5) is 0. The van der Waals surface area contributed by atoms with Crippen LogP contribution in [-0.4, -0.2) is 0 Å². The van der Waals surface area contributed by atoms with E-state index in [1.54, 1.807) is 12.1 Å². The van der Waals surface area contributed by atoms with Gasteiger partial charge in [0.25, 0.3) is 0 Å². The molecule has 0 fully saturated rings. The number of rotatable bonds is 4. The summed E-state index contributed by atoms with van der Waals surface area (Å²) in [6, 6.07) is 19.3. The van der Waals surface area contributed by atoms with Gasteiger partial charge in [0.1, 0.15) is 11.5 Å². The lowest BCUT2D eigenvalue weighted by molar-refractivity contribution is 0.531. The van der Waals surface area contributed by atoms with Crippen molar-refractivity contribution in [1.82, 2.24) is 0 Å². The highest BCUT2D eigenvalue weighted by Crippen LogP contribution is 2.27. The zero-order chi connectivity index (χ0) is 14.7. The lowest BCUT2D eigenvalue weighted by atomic mass is 10.2. The Kier molecular flexibility index (Phi) is 4.18. The van der Waals surface area contributed by atoms with Crippen LogP contribution in [0, 0.1) is 0 Å². The number of halogens is 2. The van der Waals surface area contributed by atoms with Crippen LogP contribution in [0.3, 0.4) is 0 Å². The van der Waals surface area contributed by atoms with Crippen LogP contribution in [0.4, 0.5) is 5.69 Å². The normalized spacial score (nSPS) is 10.6. The molecule has 0 aliphatic carbocycles. The lowest BCUT2D eigenvalue weighted by Gasteiger charge is -2.07. The first kappa shape index (κ1) is 14.1. The van der Waals surface area contributed by atoms with E-state index in [0.717, 1.165) is 22.8 Å². The van der Waals surface area contributed by atoms with Gasteiger partial charge in [0.2, 0.25) is 0 Å². The second-order valence-corrected chi connectivity index (χ2v) is 5.45. The van der Waals surface area contributed by atoms with Crippen molar-refractivity contribution >= 4 is 28.9 Å². The van der Waals surface area contributed by atoms with E-state index in [9.17, 15) is 0 Å². The second-order valence-electron chi connectivity index (χ2n) is 4.61. The van der Waals surface area contributed by atoms with Crippen LogP contribution < -0.4 is 5.32 Å². The maximum absolute atomic E-state index is 6.12. The van der Waals surface area contributed by atoms with Crippen molar-refractivity contribution in [1.29, 1.82) is 0 Å². The summed E-state index contributed by atoms with van der Waals surface area (Å²) in [5, 5.41) is 4.45. The monoisotopic (exact) mass is 317 g/mol. The Hall–Kier alpha value is -1.90. The number of hydrogen-bond donors (Lipinski definition) is 1. The maximum Gasteiger partial charge on any atom is 0.134 e. The maximum atomic E-state index is 6.12. The van der Waals surface area contributed by atoms with E-state index in [1.165, 1.54) is 0 Å². The zero-order valence-corrected chi connectivity index (χ0v) is 12.7. The van der Waals surface area contributed by atoms with Gasteiger partial charge in [0.15, 0.2) is 0 Å². The SMILES string of the molecule is Clc1ccc(NCc2ccc(-c3ccccc3)o2)c(Cl)c1. The quantitative estimate of drug-likeness (QED) is 0.651. The van der Waals surface area contributed by atoms with Crippen LogP contribution in [0.5, 0.6) is 0 Å². The zero-order valence-electron chi connectivity index (χ0n) is 11.1. The van der Waals surface area contributed by atoms with E-state index in [2.05, 4.69) is 5.32 Å². The predicted molar refractivity (Wildman–Crippen MR) is 87.9 cm³/mol. The van der Waals surface area contributed by atoms with Gasteiger partial charge in [-0.2, -0.15) is 0 Å². The minimum Gasteiger partial charge on any atom is -0.459 e. The highest BCUT2D eigenvalue weighted by atomic mass is 35.5. The minimum absolute atomic E-state index is 0.564. The summed E-state index contributed by atoms with van der Waals surface area (Å²) in [6.07, 6.45) is 0. The van der Waals surface area contributed by atoms with Crippen LogP contribution in [-0.2, 0) is 6.54 Å². The van der Waals surface area contributed by atoms with E-state index < -0.39 is 0 Å². The van der Waals surface area contributed by atoms with Gasteiger partial charge in [0, 0.05) is 10.6 Å². The standard InChI is InChI=1S/C17H13Cl2NO/c18-13-6-8-16(15(19)10-13)20-11-14-7-9-17(21-14)12-4-2-1-3-5-12/h1-10,20H,11H2. The third-order valence-corrected chi connectivity index (χ3v) is 3.65. The van der Waals surface area contributed by atoms with E-state index >= 15 is 0 Å². The largest absolute Gasteiger partial charge is 0.459 e. The molecule has 21 heavy (non-hydrogen) atoms. The molecule has 0 saturated carbocycles. The summed E-state index contributed by atoms with van der Waals surface area (Å²) in [7, 11) is 0. The van der Waals surface area contributed by atoms with Crippen molar-refractivity contribution < 1.29 is 4.42 Å². The summed E-state index contributed by atoms with van der Waals surface area (Å²) < 4.78 is 5.82. The fraction of sp³-hybridized carbons (Fsp3) is 0.0588. The van der Waals surface area contributed by atoms with Crippen LogP contribution in [0.15, 0.2) is 65.1 Å². The number of furan rings is 1. The molecule has 1 heterocycles. The van der Waals surface area contributed by atoms with Gasteiger partial charge in [0.05, 0.1) is 17.3 Å². The molecule has 1 N–H and O–H groups in total. The lowest BCUT2D eigenvalue weighted by Crippen LogP contribution is -1.98. The predicted octanol–water partition coefficient (Wildman–Crippen LogP) is 5.87. The molecule has 3 rings (SSSR count). The molecule has 4 heteroatoms. The van der Waals surface area contributed by atoms with Crippen molar-refractivity contribution in [3.8, 4) is 11.3 Å². The average molecular weight is 318 g/mol. The van der Waals surface area contributed by atoms with Crippen molar-refractivity contribution in [2.45, 2.75) is 6.54 Å². The highest BCUT2D eigenvalue weighted by molar-refractivity contribution is 6.36. The van der Waals surface area contributed by atoms with Crippen molar-refractivity contribution in [3.05, 3.63) is 76.5 Å². The van der Waals surface area contributed by atoms with Gasteiger partial charge in [-0.1, -0.05) is 53.5 Å². The number of benzene rings is 2. The van der Waals surface area contributed by atoms with Gasteiger partial charge in [-0.15, -0.1) is 0 Å². The Morgan fingerprint density at radius 3 is 2.48 bits per heavy atom. The molecule has 0 saturated heterocycles. The fourth-order valence-corrected chi connectivity index (χ4v) is 2.52. The topological polar surface area (TPSA) is 25.2 Å². The Bertz CT molecular complexity index is 738. The summed E-state index contributed by atoms with van der Waals surface area (Å²) >= 11 is 12.0. The van der Waals surface area contributed by atoms with E-state index in [0.29, 0.717) is 16.6 Å². The molecule has 0 unspecified atom stereocenters. The Morgan fingerprint density at radius 2 is 1.71 bits per heavy atom. The van der Waals surface area contributed by atoms with Crippen molar-refractivity contribution in [2.75, 3.05) is 5.32 Å². The number of nitrogens with one attached hydrogen (secondary N) is 1. The van der Waals surface area contributed by atoms with Crippen LogP contribution in [0.1, 0.15) is 5.76 Å². The Morgan fingerprint density at radius 1 is 0.905 bits per heavy atom. The third kappa shape index (κ3) is 3.41. The van der Waals surface area contributed by atoms with Gasteiger partial charge >= 0.3 is 0 Å². The summed E-state index contributed by atoms with van der Waals surface area (Å²) in [5.74, 6) is 1.70. The van der Waals surface area contributed by atoms with E-state index in [1.807, 2.05) is 48.5 Å². The van der Waals surface area contributed by atoms with Crippen molar-refractivity contribution in [3.63, 3.8) is 0 Å². The molecular weight excluding hydrogens is 305 g/mol. The van der Waals surface area contributed by atoms with Gasteiger partial charge in [-0.05, 0) is 30.3 Å². The first-order valence-electron chi connectivity index (χ1n) is 6.55. The third-order valence-electron chi connectivity index (χ3n) is 3.10. The molecule has 0 aliphatic heterocycles. The molecule has 0 amide bonds. The summed E-state index contributed by atoms with van der Waals surface area (Å²) in [6.45, 7) is 0.564. The van der Waals surface area contributed by atoms with E-state index in [-0.39, 0.29) is 0 Å². The van der Waals surface area contributed by atoms with Crippen LogP contribution in [0.2, 0.25) is 10.0 Å². The van der Waals surface area contributed by atoms with Gasteiger partial charge < -0.3 is 9.73 Å². The molecule has 2 aromatic carbocycles. The molecule has 3 aromatic rings. The molecule has 1 aromatic heterocycles. The molecule has 0 radical (unpaired) electrons. The molecule has 0 aliphatic rings. The van der Waals surface area contributed by atoms with Crippen LogP contribution >= 0.6 is 23.2 Å². The Balaban J connectivity index is 1.70. The van der Waals surface area contributed by atoms with Crippen LogP contribution in [0.25, 0.3) is 11.3 Å². The number of hydrogen-bond acceptors (Lipinski definition) is 2. The van der Waals surface area contributed by atoms with Gasteiger partial charge in [-0.3, -0.25) is 0 Å². The first-order chi connectivity index (χ1) is 10.2. The van der Waals surface area contributed by atoms with Gasteiger partial charge in [-0.25, -0.2) is 0 Å². The average Bonchev–Trinajstić information content (AvgIpc) is 2.96.